The smallest absolute Gasteiger partial charge is 0.162 e. The summed E-state index contributed by atoms with van der Waals surface area (Å²) in [6.07, 6.45) is 2.01. The Labute approximate surface area is 107 Å². The lowest BCUT2D eigenvalue weighted by Crippen LogP contribution is -2.29. The first-order chi connectivity index (χ1) is 7.67. The van der Waals surface area contributed by atoms with Crippen molar-refractivity contribution in [2.24, 2.45) is 5.73 Å². The zero-order valence-electron chi connectivity index (χ0n) is 9.60. The quantitative estimate of drug-likeness (QED) is 0.891. The summed E-state index contributed by atoms with van der Waals surface area (Å²) >= 11 is 0. The third-order valence-electron chi connectivity index (χ3n) is 2.70. The van der Waals surface area contributed by atoms with Gasteiger partial charge in [0.15, 0.2) is 11.5 Å². The molecule has 1 aromatic rings. The highest BCUT2D eigenvalue weighted by molar-refractivity contribution is 5.85. The summed E-state index contributed by atoms with van der Waals surface area (Å²) in [6, 6.07) is 7.15. The van der Waals surface area contributed by atoms with E-state index in [2.05, 4.69) is 6.07 Å². The molecule has 0 aromatic heterocycles. The van der Waals surface area contributed by atoms with Crippen LogP contribution in [0.1, 0.15) is 18.4 Å². The highest BCUT2D eigenvalue weighted by atomic mass is 35.5. The Morgan fingerprint density at radius 3 is 2.65 bits per heavy atom. The summed E-state index contributed by atoms with van der Waals surface area (Å²) in [5.41, 5.74) is 6.32. The number of hydrogen-bond donors (Lipinski definition) is 1. The Balaban J connectivity index is 0.00000144. The Bertz CT molecular complexity index is 439. The molecule has 1 aliphatic rings. The van der Waals surface area contributed by atoms with Crippen LogP contribution in [0.15, 0.2) is 18.2 Å². The highest BCUT2D eigenvalue weighted by Crippen LogP contribution is 2.35. The molecule has 1 aromatic carbocycles. The monoisotopic (exact) mass is 254 g/mol. The van der Waals surface area contributed by atoms with Gasteiger partial charge in [0, 0.05) is 6.07 Å². The molecule has 0 unspecified atom stereocenters. The van der Waals surface area contributed by atoms with Gasteiger partial charge < -0.3 is 15.2 Å². The molecular weight excluding hydrogens is 240 g/mol. The molecule has 0 heterocycles. The lowest BCUT2D eigenvalue weighted by Gasteiger charge is -2.13. The van der Waals surface area contributed by atoms with Gasteiger partial charge in [-0.3, -0.25) is 0 Å². The predicted molar refractivity (Wildman–Crippen MR) is 66.6 cm³/mol. The minimum Gasteiger partial charge on any atom is -0.493 e. The van der Waals surface area contributed by atoms with Crippen LogP contribution in [-0.2, 0) is 0 Å². The molecule has 17 heavy (non-hydrogen) atoms. The van der Waals surface area contributed by atoms with Gasteiger partial charge in [0.1, 0.15) is 6.61 Å². The fourth-order valence-electron chi connectivity index (χ4n) is 1.38. The van der Waals surface area contributed by atoms with E-state index in [0.29, 0.717) is 23.7 Å². The average Bonchev–Trinajstić information content (AvgIpc) is 3.05. The van der Waals surface area contributed by atoms with E-state index in [9.17, 15) is 0 Å². The average molecular weight is 255 g/mol. The van der Waals surface area contributed by atoms with Gasteiger partial charge >= 0.3 is 0 Å². The Morgan fingerprint density at radius 2 is 2.12 bits per heavy atom. The lowest BCUT2D eigenvalue weighted by molar-refractivity contribution is 0.264. The van der Waals surface area contributed by atoms with Crippen LogP contribution in [0.3, 0.4) is 0 Å². The molecule has 1 aliphatic carbocycles. The van der Waals surface area contributed by atoms with E-state index in [0.717, 1.165) is 12.8 Å². The summed E-state index contributed by atoms with van der Waals surface area (Å²) in [7, 11) is 1.55. The highest BCUT2D eigenvalue weighted by Gasteiger charge is 2.39. The third kappa shape index (κ3) is 3.26. The first-order valence-corrected chi connectivity index (χ1v) is 5.17. The Morgan fingerprint density at radius 1 is 1.41 bits per heavy atom. The van der Waals surface area contributed by atoms with Crippen LogP contribution in [0.5, 0.6) is 11.5 Å². The van der Waals surface area contributed by atoms with Crippen LogP contribution in [0.2, 0.25) is 0 Å². The van der Waals surface area contributed by atoms with Gasteiger partial charge in [0.2, 0.25) is 0 Å². The van der Waals surface area contributed by atoms with Crippen molar-refractivity contribution in [3.05, 3.63) is 23.8 Å². The van der Waals surface area contributed by atoms with Crippen molar-refractivity contribution < 1.29 is 9.47 Å². The first kappa shape index (κ1) is 13.6. The van der Waals surface area contributed by atoms with Crippen LogP contribution < -0.4 is 15.2 Å². The van der Waals surface area contributed by atoms with Crippen LogP contribution >= 0.6 is 12.4 Å². The van der Waals surface area contributed by atoms with E-state index in [1.165, 1.54) is 0 Å². The molecule has 0 aliphatic heterocycles. The van der Waals surface area contributed by atoms with Gasteiger partial charge in [-0.1, -0.05) is 0 Å². The van der Waals surface area contributed by atoms with Gasteiger partial charge in [0.25, 0.3) is 0 Å². The normalized spacial score (nSPS) is 15.4. The minimum atomic E-state index is -0.154. The van der Waals surface area contributed by atoms with Crippen molar-refractivity contribution in [1.29, 1.82) is 5.26 Å². The van der Waals surface area contributed by atoms with Gasteiger partial charge in [-0.05, 0) is 25.0 Å². The summed E-state index contributed by atoms with van der Waals surface area (Å²) < 4.78 is 10.8. The van der Waals surface area contributed by atoms with E-state index in [4.69, 9.17) is 20.5 Å². The fourth-order valence-corrected chi connectivity index (χ4v) is 1.38. The molecule has 1 fully saturated rings. The third-order valence-corrected chi connectivity index (χ3v) is 2.70. The molecule has 0 radical (unpaired) electrons. The number of benzene rings is 1. The molecule has 4 nitrogen and oxygen atoms in total. The van der Waals surface area contributed by atoms with Crippen molar-refractivity contribution in [3.8, 4) is 17.6 Å². The van der Waals surface area contributed by atoms with E-state index < -0.39 is 0 Å². The van der Waals surface area contributed by atoms with E-state index >= 15 is 0 Å². The van der Waals surface area contributed by atoms with Crippen LogP contribution in [0.25, 0.3) is 0 Å². The van der Waals surface area contributed by atoms with Crippen molar-refractivity contribution >= 4 is 12.4 Å². The van der Waals surface area contributed by atoms with Crippen molar-refractivity contribution in [2.75, 3.05) is 13.7 Å². The number of hydrogen-bond acceptors (Lipinski definition) is 4. The van der Waals surface area contributed by atoms with Gasteiger partial charge in [-0.15, -0.1) is 12.4 Å². The van der Waals surface area contributed by atoms with Crippen LogP contribution in [-0.4, -0.2) is 19.3 Å². The fraction of sp³-hybridized carbons (Fsp3) is 0.417. The van der Waals surface area contributed by atoms with Gasteiger partial charge in [-0.25, -0.2) is 0 Å². The predicted octanol–water partition coefficient (Wildman–Crippen LogP) is 1.86. The largest absolute Gasteiger partial charge is 0.493 e. The van der Waals surface area contributed by atoms with E-state index in [-0.39, 0.29) is 17.9 Å². The Hall–Kier alpha value is -1.44. The van der Waals surface area contributed by atoms with Crippen molar-refractivity contribution in [1.82, 2.24) is 0 Å². The SMILES string of the molecule is COc1cc(C#N)ccc1OCC1(N)CC1.Cl. The molecule has 0 spiro atoms. The van der Waals surface area contributed by atoms with Gasteiger partial charge in [0.05, 0.1) is 24.3 Å². The second-order valence-electron chi connectivity index (χ2n) is 4.13. The standard InChI is InChI=1S/C12H14N2O2.ClH/c1-15-11-6-9(7-13)2-3-10(11)16-8-12(14)4-5-12;/h2-3,6H,4-5,8,14H2,1H3;1H. The molecule has 0 saturated heterocycles. The number of halogens is 1. The summed E-state index contributed by atoms with van der Waals surface area (Å²) in [4.78, 5) is 0. The molecule has 0 atom stereocenters. The maximum absolute atomic E-state index is 8.75. The second kappa shape index (κ2) is 5.26. The first-order valence-electron chi connectivity index (χ1n) is 5.17. The molecule has 0 amide bonds. The number of methoxy groups -OCH3 is 1. The number of ether oxygens (including phenoxy) is 2. The second-order valence-corrected chi connectivity index (χ2v) is 4.13. The van der Waals surface area contributed by atoms with Crippen LogP contribution in [0.4, 0.5) is 0 Å². The van der Waals surface area contributed by atoms with Gasteiger partial charge in [-0.2, -0.15) is 5.26 Å². The lowest BCUT2D eigenvalue weighted by atomic mass is 10.2. The maximum atomic E-state index is 8.75. The number of nitrogens with two attached hydrogens (primary N) is 1. The molecule has 0 bridgehead atoms. The summed E-state index contributed by atoms with van der Waals surface area (Å²) in [5, 5.41) is 8.75. The zero-order chi connectivity index (χ0) is 11.6. The molecule has 2 rings (SSSR count). The molecule has 92 valence electrons. The zero-order valence-corrected chi connectivity index (χ0v) is 10.4. The number of nitrogens with zero attached hydrogens (tertiary/aromatic N) is 1. The van der Waals surface area contributed by atoms with E-state index in [1.807, 2.05) is 0 Å². The van der Waals surface area contributed by atoms with Crippen molar-refractivity contribution in [2.45, 2.75) is 18.4 Å². The maximum Gasteiger partial charge on any atom is 0.162 e. The molecule has 1 saturated carbocycles. The topological polar surface area (TPSA) is 68.3 Å². The summed E-state index contributed by atoms with van der Waals surface area (Å²) in [6.45, 7) is 0.495. The molecular formula is C12H15ClN2O2. The number of nitriles is 1. The number of rotatable bonds is 4. The summed E-state index contributed by atoms with van der Waals surface area (Å²) in [5.74, 6) is 1.21. The van der Waals surface area contributed by atoms with Crippen LogP contribution in [0, 0.1) is 11.3 Å². The molecule has 2 N–H and O–H groups in total. The molecule has 5 heteroatoms. The Kier molecular flexibility index (Phi) is 4.22. The minimum absolute atomic E-state index is 0. The van der Waals surface area contributed by atoms with Crippen molar-refractivity contribution in [3.63, 3.8) is 0 Å². The van der Waals surface area contributed by atoms with E-state index in [1.54, 1.807) is 25.3 Å².